The fourth-order valence-corrected chi connectivity index (χ4v) is 2.01. The summed E-state index contributed by atoms with van der Waals surface area (Å²) in [4.78, 5) is 11.8. The van der Waals surface area contributed by atoms with Crippen molar-refractivity contribution in [2.24, 2.45) is 5.73 Å². The molecule has 0 fully saturated rings. The van der Waals surface area contributed by atoms with Crippen LogP contribution in [0.5, 0.6) is 0 Å². The van der Waals surface area contributed by atoms with Crippen LogP contribution >= 0.6 is 0 Å². The monoisotopic (exact) mass is 252 g/mol. The molecule has 3 N–H and O–H groups in total. The smallest absolute Gasteiger partial charge is 0.258 e. The molecule has 0 aliphatic rings. The van der Waals surface area contributed by atoms with Gasteiger partial charge in [-0.2, -0.15) is 5.26 Å². The first-order chi connectivity index (χ1) is 9.10. The first-order valence-corrected chi connectivity index (χ1v) is 5.68. The van der Waals surface area contributed by atoms with Crippen LogP contribution in [0.3, 0.4) is 0 Å². The lowest BCUT2D eigenvalue weighted by Crippen LogP contribution is -2.42. The number of hydrogen-bond donors (Lipinski definition) is 2. The highest BCUT2D eigenvalue weighted by atomic mass is 16.3. The number of amides is 1. The van der Waals surface area contributed by atoms with Crippen LogP contribution in [0.1, 0.15) is 16.7 Å². The minimum Gasteiger partial charge on any atom is -0.372 e. The van der Waals surface area contributed by atoms with Crippen molar-refractivity contribution >= 4 is 5.91 Å². The second kappa shape index (κ2) is 4.92. The van der Waals surface area contributed by atoms with Gasteiger partial charge in [-0.1, -0.05) is 48.5 Å². The van der Waals surface area contributed by atoms with Crippen LogP contribution in [0.2, 0.25) is 0 Å². The van der Waals surface area contributed by atoms with Crippen LogP contribution in [0.4, 0.5) is 0 Å². The lowest BCUT2D eigenvalue weighted by atomic mass is 9.83. The number of hydrogen-bond acceptors (Lipinski definition) is 3. The molecule has 2 aromatic carbocycles. The fraction of sp³-hybridized carbons (Fsp3) is 0.0667. The lowest BCUT2D eigenvalue weighted by molar-refractivity contribution is -0.133. The van der Waals surface area contributed by atoms with Crippen molar-refractivity contribution in [3.05, 3.63) is 71.3 Å². The maximum Gasteiger partial charge on any atom is 0.258 e. The van der Waals surface area contributed by atoms with Crippen LogP contribution in [-0.2, 0) is 10.4 Å². The van der Waals surface area contributed by atoms with Gasteiger partial charge in [0, 0.05) is 5.56 Å². The van der Waals surface area contributed by atoms with Crippen LogP contribution in [-0.4, -0.2) is 11.0 Å². The number of nitrogens with two attached hydrogens (primary N) is 1. The number of carbonyl (C=O) groups excluding carboxylic acids is 1. The van der Waals surface area contributed by atoms with E-state index in [1.54, 1.807) is 42.5 Å². The summed E-state index contributed by atoms with van der Waals surface area (Å²) in [6.45, 7) is 0. The summed E-state index contributed by atoms with van der Waals surface area (Å²) < 4.78 is 0. The summed E-state index contributed by atoms with van der Waals surface area (Å²) in [6, 6.07) is 16.7. The molecule has 0 spiro atoms. The highest BCUT2D eigenvalue weighted by molar-refractivity contribution is 5.89. The van der Waals surface area contributed by atoms with Crippen molar-refractivity contribution in [1.82, 2.24) is 0 Å². The van der Waals surface area contributed by atoms with Gasteiger partial charge in [-0.25, -0.2) is 0 Å². The molecule has 0 bridgehead atoms. The van der Waals surface area contributed by atoms with E-state index in [4.69, 9.17) is 11.0 Å². The summed E-state index contributed by atoms with van der Waals surface area (Å²) in [6.07, 6.45) is 0. The molecule has 4 heteroatoms. The SMILES string of the molecule is N#Cc1ccccc1C(O)(C(N)=O)c1ccccc1. The van der Waals surface area contributed by atoms with E-state index in [0.29, 0.717) is 5.56 Å². The largest absolute Gasteiger partial charge is 0.372 e. The average molecular weight is 252 g/mol. The molecule has 19 heavy (non-hydrogen) atoms. The molecular weight excluding hydrogens is 240 g/mol. The van der Waals surface area contributed by atoms with E-state index in [9.17, 15) is 9.90 Å². The fourth-order valence-electron chi connectivity index (χ4n) is 2.01. The van der Waals surface area contributed by atoms with Gasteiger partial charge in [-0.15, -0.1) is 0 Å². The third kappa shape index (κ3) is 2.07. The van der Waals surface area contributed by atoms with Gasteiger partial charge in [0.2, 0.25) is 0 Å². The highest BCUT2D eigenvalue weighted by Gasteiger charge is 2.39. The standard InChI is InChI=1S/C15H12N2O2/c16-10-11-6-4-5-9-13(11)15(19,14(17)18)12-7-2-1-3-8-12/h1-9,19H,(H2,17,18). The van der Waals surface area contributed by atoms with Gasteiger partial charge >= 0.3 is 0 Å². The Morgan fingerprint density at radius 3 is 2.26 bits per heavy atom. The topological polar surface area (TPSA) is 87.1 Å². The Balaban J connectivity index is 2.72. The Labute approximate surface area is 110 Å². The van der Waals surface area contributed by atoms with Crippen LogP contribution in [0, 0.1) is 11.3 Å². The Bertz CT molecular complexity index is 647. The van der Waals surface area contributed by atoms with Crippen molar-refractivity contribution in [2.75, 3.05) is 0 Å². The molecule has 0 saturated heterocycles. The molecule has 2 rings (SSSR count). The van der Waals surface area contributed by atoms with E-state index in [1.807, 2.05) is 6.07 Å². The first kappa shape index (κ1) is 12.8. The second-order valence-electron chi connectivity index (χ2n) is 4.10. The van der Waals surface area contributed by atoms with E-state index in [-0.39, 0.29) is 11.1 Å². The Morgan fingerprint density at radius 1 is 1.11 bits per heavy atom. The number of rotatable bonds is 3. The number of nitriles is 1. The number of benzene rings is 2. The second-order valence-corrected chi connectivity index (χ2v) is 4.10. The zero-order valence-corrected chi connectivity index (χ0v) is 10.1. The van der Waals surface area contributed by atoms with Crippen molar-refractivity contribution < 1.29 is 9.90 Å². The molecule has 4 nitrogen and oxygen atoms in total. The normalized spacial score (nSPS) is 13.3. The molecule has 0 aliphatic heterocycles. The van der Waals surface area contributed by atoms with Gasteiger partial charge in [0.25, 0.3) is 5.91 Å². The van der Waals surface area contributed by atoms with Gasteiger partial charge in [-0.3, -0.25) is 4.79 Å². The molecule has 0 radical (unpaired) electrons. The molecule has 0 heterocycles. The van der Waals surface area contributed by atoms with Crippen molar-refractivity contribution in [1.29, 1.82) is 5.26 Å². The Morgan fingerprint density at radius 2 is 1.68 bits per heavy atom. The highest BCUT2D eigenvalue weighted by Crippen LogP contribution is 2.31. The maximum absolute atomic E-state index is 11.8. The maximum atomic E-state index is 11.8. The van der Waals surface area contributed by atoms with Crippen LogP contribution < -0.4 is 5.73 Å². The third-order valence-electron chi connectivity index (χ3n) is 2.99. The summed E-state index contributed by atoms with van der Waals surface area (Å²) >= 11 is 0. The number of primary amides is 1. The number of aliphatic hydroxyl groups is 1. The first-order valence-electron chi connectivity index (χ1n) is 5.68. The minimum atomic E-state index is -2.01. The minimum absolute atomic E-state index is 0.191. The molecule has 94 valence electrons. The number of carbonyl (C=O) groups is 1. The van der Waals surface area contributed by atoms with E-state index < -0.39 is 11.5 Å². The predicted molar refractivity (Wildman–Crippen MR) is 69.8 cm³/mol. The Hall–Kier alpha value is -2.64. The zero-order valence-electron chi connectivity index (χ0n) is 10.1. The molecule has 2 aromatic rings. The van der Waals surface area contributed by atoms with Gasteiger partial charge in [0.1, 0.15) is 0 Å². The summed E-state index contributed by atoms with van der Waals surface area (Å²) in [5.74, 6) is -0.915. The Kier molecular flexibility index (Phi) is 3.32. The lowest BCUT2D eigenvalue weighted by Gasteiger charge is -2.26. The molecule has 0 aromatic heterocycles. The molecule has 1 unspecified atom stereocenters. The van der Waals surface area contributed by atoms with E-state index in [2.05, 4.69) is 0 Å². The predicted octanol–water partition coefficient (Wildman–Crippen LogP) is 1.28. The summed E-state index contributed by atoms with van der Waals surface area (Å²) in [5, 5.41) is 19.8. The van der Waals surface area contributed by atoms with Gasteiger partial charge < -0.3 is 10.8 Å². The van der Waals surface area contributed by atoms with Crippen molar-refractivity contribution in [2.45, 2.75) is 5.60 Å². The molecule has 1 amide bonds. The van der Waals surface area contributed by atoms with Gasteiger partial charge in [0.05, 0.1) is 11.6 Å². The summed E-state index contributed by atoms with van der Waals surface area (Å²) in [7, 11) is 0. The molecule has 0 saturated carbocycles. The van der Waals surface area contributed by atoms with Crippen LogP contribution in [0.25, 0.3) is 0 Å². The van der Waals surface area contributed by atoms with Crippen molar-refractivity contribution in [3.8, 4) is 6.07 Å². The molecule has 0 aliphatic carbocycles. The molecular formula is C15H12N2O2. The van der Waals surface area contributed by atoms with E-state index in [1.165, 1.54) is 12.1 Å². The van der Waals surface area contributed by atoms with Crippen molar-refractivity contribution in [3.63, 3.8) is 0 Å². The van der Waals surface area contributed by atoms with Crippen LogP contribution in [0.15, 0.2) is 54.6 Å². The van der Waals surface area contributed by atoms with Gasteiger partial charge in [-0.05, 0) is 11.6 Å². The average Bonchev–Trinajstić information content (AvgIpc) is 2.47. The third-order valence-corrected chi connectivity index (χ3v) is 2.99. The zero-order chi connectivity index (χ0) is 13.9. The van der Waals surface area contributed by atoms with E-state index in [0.717, 1.165) is 0 Å². The summed E-state index contributed by atoms with van der Waals surface area (Å²) in [5.41, 5.74) is 4.10. The number of nitrogens with zero attached hydrogens (tertiary/aromatic N) is 1. The van der Waals surface area contributed by atoms with E-state index >= 15 is 0 Å². The van der Waals surface area contributed by atoms with Gasteiger partial charge in [0.15, 0.2) is 5.60 Å². The quantitative estimate of drug-likeness (QED) is 0.862. The molecule has 1 atom stereocenters.